The highest BCUT2D eigenvalue weighted by molar-refractivity contribution is 5.60. The van der Waals surface area contributed by atoms with Gasteiger partial charge in [-0.1, -0.05) is 27.7 Å². The van der Waals surface area contributed by atoms with Gasteiger partial charge in [-0.05, 0) is 39.5 Å². The van der Waals surface area contributed by atoms with Crippen molar-refractivity contribution in [2.45, 2.75) is 33.7 Å². The zero-order valence-corrected chi connectivity index (χ0v) is 12.1. The molecule has 5 nitrogen and oxygen atoms in total. The second-order valence-corrected chi connectivity index (χ2v) is 6.53. The van der Waals surface area contributed by atoms with Gasteiger partial charge in [0.15, 0.2) is 5.82 Å². The Morgan fingerprint density at radius 2 is 1.85 bits per heavy atom. The Labute approximate surface area is 117 Å². The van der Waals surface area contributed by atoms with Gasteiger partial charge in [0.25, 0.3) is 0 Å². The summed E-state index contributed by atoms with van der Waals surface area (Å²) in [5.41, 5.74) is 6.48. The molecule has 1 fully saturated rings. The fourth-order valence-electron chi connectivity index (χ4n) is 3.03. The van der Waals surface area contributed by atoms with Gasteiger partial charge in [-0.3, -0.25) is 0 Å². The molecule has 0 bridgehead atoms. The molecule has 20 heavy (non-hydrogen) atoms. The summed E-state index contributed by atoms with van der Waals surface area (Å²) in [7, 11) is 0. The molecule has 1 aromatic heterocycles. The number of halogens is 1. The SMILES string of the molecule is CC1(C)C(n2nnnc2-c2ccc(N)cc2F)C1(C)C. The van der Waals surface area contributed by atoms with Crippen LogP contribution in [0, 0.1) is 16.6 Å². The van der Waals surface area contributed by atoms with Crippen LogP contribution in [0.15, 0.2) is 18.2 Å². The third-order valence-electron chi connectivity index (χ3n) is 4.92. The first-order valence-electron chi connectivity index (χ1n) is 6.60. The van der Waals surface area contributed by atoms with Crippen molar-refractivity contribution in [1.82, 2.24) is 20.2 Å². The zero-order chi connectivity index (χ0) is 14.7. The van der Waals surface area contributed by atoms with E-state index in [0.29, 0.717) is 17.1 Å². The van der Waals surface area contributed by atoms with E-state index in [1.807, 2.05) is 0 Å². The molecular weight excluding hydrogens is 257 g/mol. The Kier molecular flexibility index (Phi) is 2.46. The lowest BCUT2D eigenvalue weighted by Gasteiger charge is -2.07. The van der Waals surface area contributed by atoms with E-state index in [-0.39, 0.29) is 16.9 Å². The number of tetrazole rings is 1. The van der Waals surface area contributed by atoms with E-state index in [9.17, 15) is 4.39 Å². The van der Waals surface area contributed by atoms with Crippen LogP contribution in [0.3, 0.4) is 0 Å². The summed E-state index contributed by atoms with van der Waals surface area (Å²) in [6.07, 6.45) is 0. The molecule has 0 atom stereocenters. The highest BCUT2D eigenvalue weighted by atomic mass is 19.1. The topological polar surface area (TPSA) is 69.6 Å². The highest BCUT2D eigenvalue weighted by Crippen LogP contribution is 2.71. The van der Waals surface area contributed by atoms with Crippen LogP contribution in [0.2, 0.25) is 0 Å². The van der Waals surface area contributed by atoms with E-state index in [4.69, 9.17) is 5.73 Å². The number of nitrogens with zero attached hydrogens (tertiary/aromatic N) is 4. The predicted molar refractivity (Wildman–Crippen MR) is 74.2 cm³/mol. The molecule has 0 aliphatic heterocycles. The van der Waals surface area contributed by atoms with Gasteiger partial charge in [0, 0.05) is 5.69 Å². The molecule has 1 aromatic carbocycles. The average molecular weight is 275 g/mol. The molecule has 0 radical (unpaired) electrons. The number of hydrogen-bond acceptors (Lipinski definition) is 4. The minimum Gasteiger partial charge on any atom is -0.399 e. The molecule has 3 rings (SSSR count). The Hall–Kier alpha value is -1.98. The van der Waals surface area contributed by atoms with Crippen LogP contribution in [-0.2, 0) is 0 Å². The number of anilines is 1. The van der Waals surface area contributed by atoms with Crippen molar-refractivity contribution >= 4 is 5.69 Å². The lowest BCUT2D eigenvalue weighted by molar-refractivity contribution is 0.457. The van der Waals surface area contributed by atoms with Gasteiger partial charge in [0.2, 0.25) is 0 Å². The summed E-state index contributed by atoms with van der Waals surface area (Å²) in [4.78, 5) is 0. The summed E-state index contributed by atoms with van der Waals surface area (Å²) in [6, 6.07) is 4.71. The van der Waals surface area contributed by atoms with E-state index in [2.05, 4.69) is 43.2 Å². The van der Waals surface area contributed by atoms with Gasteiger partial charge in [-0.2, -0.15) is 0 Å². The van der Waals surface area contributed by atoms with E-state index >= 15 is 0 Å². The molecule has 1 heterocycles. The number of rotatable bonds is 2. The monoisotopic (exact) mass is 275 g/mol. The van der Waals surface area contributed by atoms with E-state index < -0.39 is 5.82 Å². The van der Waals surface area contributed by atoms with E-state index in [1.54, 1.807) is 16.8 Å². The maximum Gasteiger partial charge on any atom is 0.185 e. The van der Waals surface area contributed by atoms with Crippen LogP contribution in [0.25, 0.3) is 11.4 Å². The molecule has 106 valence electrons. The Balaban J connectivity index is 2.09. The fourth-order valence-corrected chi connectivity index (χ4v) is 3.03. The number of benzene rings is 1. The first kappa shape index (κ1) is 13.0. The number of nitrogen functional groups attached to an aromatic ring is 1. The maximum atomic E-state index is 14.1. The van der Waals surface area contributed by atoms with Crippen LogP contribution in [0.1, 0.15) is 33.7 Å². The van der Waals surface area contributed by atoms with Crippen molar-refractivity contribution in [3.8, 4) is 11.4 Å². The summed E-state index contributed by atoms with van der Waals surface area (Å²) in [5, 5.41) is 11.8. The molecule has 1 aliphatic rings. The summed E-state index contributed by atoms with van der Waals surface area (Å²) < 4.78 is 15.8. The van der Waals surface area contributed by atoms with Gasteiger partial charge in [-0.15, -0.1) is 5.10 Å². The first-order chi connectivity index (χ1) is 9.26. The summed E-state index contributed by atoms with van der Waals surface area (Å²) >= 11 is 0. The molecule has 6 heteroatoms. The third kappa shape index (κ3) is 1.57. The van der Waals surface area contributed by atoms with Crippen molar-refractivity contribution in [2.75, 3.05) is 5.73 Å². The quantitative estimate of drug-likeness (QED) is 0.855. The molecule has 2 aromatic rings. The van der Waals surface area contributed by atoms with Gasteiger partial charge >= 0.3 is 0 Å². The van der Waals surface area contributed by atoms with Crippen LogP contribution in [0.5, 0.6) is 0 Å². The van der Waals surface area contributed by atoms with Crippen LogP contribution >= 0.6 is 0 Å². The molecule has 0 amide bonds. The molecule has 1 saturated carbocycles. The van der Waals surface area contributed by atoms with Gasteiger partial charge in [0.05, 0.1) is 11.6 Å². The smallest absolute Gasteiger partial charge is 0.185 e. The van der Waals surface area contributed by atoms with Crippen molar-refractivity contribution in [1.29, 1.82) is 0 Å². The number of nitrogens with two attached hydrogens (primary N) is 1. The number of hydrogen-bond donors (Lipinski definition) is 1. The zero-order valence-electron chi connectivity index (χ0n) is 12.1. The molecular formula is C14H18FN5. The predicted octanol–water partition coefficient (Wildman–Crippen LogP) is 2.67. The molecule has 1 aliphatic carbocycles. The molecule has 0 unspecified atom stereocenters. The fraction of sp³-hybridized carbons (Fsp3) is 0.500. The van der Waals surface area contributed by atoms with Crippen molar-refractivity contribution in [3.05, 3.63) is 24.0 Å². The van der Waals surface area contributed by atoms with Crippen LogP contribution in [-0.4, -0.2) is 20.2 Å². The Morgan fingerprint density at radius 3 is 2.40 bits per heavy atom. The van der Waals surface area contributed by atoms with Gasteiger partial charge < -0.3 is 5.73 Å². The van der Waals surface area contributed by atoms with E-state index in [1.165, 1.54) is 6.07 Å². The Morgan fingerprint density at radius 1 is 1.20 bits per heavy atom. The number of aromatic nitrogens is 4. The standard InChI is InChI=1S/C14H18FN5/c1-13(2)12(14(13,3)4)20-11(17-18-19-20)9-6-5-8(16)7-10(9)15/h5-7,12H,16H2,1-4H3. The molecule has 0 saturated heterocycles. The second kappa shape index (κ2) is 3.77. The van der Waals surface area contributed by atoms with Crippen LogP contribution in [0.4, 0.5) is 10.1 Å². The van der Waals surface area contributed by atoms with Crippen LogP contribution < -0.4 is 5.73 Å². The highest BCUT2D eigenvalue weighted by Gasteiger charge is 2.67. The maximum absolute atomic E-state index is 14.1. The largest absolute Gasteiger partial charge is 0.399 e. The van der Waals surface area contributed by atoms with Gasteiger partial charge in [-0.25, -0.2) is 9.07 Å². The molecule has 2 N–H and O–H groups in total. The Bertz CT molecular complexity index is 660. The lowest BCUT2D eigenvalue weighted by Crippen LogP contribution is -2.06. The lowest BCUT2D eigenvalue weighted by atomic mass is 10.0. The van der Waals surface area contributed by atoms with Crippen molar-refractivity contribution < 1.29 is 4.39 Å². The minimum atomic E-state index is -0.405. The summed E-state index contributed by atoms with van der Waals surface area (Å²) in [6.45, 7) is 8.68. The third-order valence-corrected chi connectivity index (χ3v) is 4.92. The molecule has 0 spiro atoms. The second-order valence-electron chi connectivity index (χ2n) is 6.53. The average Bonchev–Trinajstić information content (AvgIpc) is 2.67. The van der Waals surface area contributed by atoms with Crippen molar-refractivity contribution in [2.24, 2.45) is 10.8 Å². The van der Waals surface area contributed by atoms with E-state index in [0.717, 1.165) is 0 Å². The van der Waals surface area contributed by atoms with Gasteiger partial charge in [0.1, 0.15) is 5.82 Å². The first-order valence-corrected chi connectivity index (χ1v) is 6.60. The minimum absolute atomic E-state index is 0.0708. The summed E-state index contributed by atoms with van der Waals surface area (Å²) in [5.74, 6) is 0.0449. The normalized spacial score (nSPS) is 20.1. The van der Waals surface area contributed by atoms with Crippen molar-refractivity contribution in [3.63, 3.8) is 0 Å².